The fourth-order valence-electron chi connectivity index (χ4n) is 4.05. The summed E-state index contributed by atoms with van der Waals surface area (Å²) in [6, 6.07) is 6.49. The van der Waals surface area contributed by atoms with Crippen LogP contribution in [0.25, 0.3) is 0 Å². The quantitative estimate of drug-likeness (QED) is 0.734. The Bertz CT molecular complexity index is 446. The summed E-state index contributed by atoms with van der Waals surface area (Å²) in [5.74, 6) is 1.96. The minimum Gasteiger partial charge on any atom is -0.497 e. The van der Waals surface area contributed by atoms with Crippen LogP contribution >= 0.6 is 7.92 Å². The summed E-state index contributed by atoms with van der Waals surface area (Å²) in [7, 11) is 3.45. The third kappa shape index (κ3) is 3.21. The third-order valence-electron chi connectivity index (χ3n) is 5.10. The first-order valence-corrected chi connectivity index (χ1v) is 9.82. The van der Waals surface area contributed by atoms with Crippen LogP contribution in [0.5, 0.6) is 11.5 Å². The Labute approximate surface area is 130 Å². The monoisotopic (exact) mass is 306 g/mol. The van der Waals surface area contributed by atoms with E-state index in [2.05, 4.69) is 18.2 Å². The first-order chi connectivity index (χ1) is 10.3. The first-order valence-electron chi connectivity index (χ1n) is 8.34. The van der Waals surface area contributed by atoms with Gasteiger partial charge in [-0.1, -0.05) is 33.6 Å². The highest BCUT2D eigenvalue weighted by atomic mass is 31.1. The Hall–Kier alpha value is -0.750. The normalized spacial score (nSPS) is 20.3. The molecule has 0 aromatic heterocycles. The molecular weight excluding hydrogens is 279 g/mol. The topological polar surface area (TPSA) is 18.5 Å². The minimum atomic E-state index is -0.0826. The summed E-state index contributed by atoms with van der Waals surface area (Å²) >= 11 is 0. The molecule has 2 saturated carbocycles. The number of benzene rings is 1. The van der Waals surface area contributed by atoms with Gasteiger partial charge in [0.15, 0.2) is 0 Å². The van der Waals surface area contributed by atoms with Gasteiger partial charge >= 0.3 is 0 Å². The lowest BCUT2D eigenvalue weighted by Crippen LogP contribution is -2.20. The molecule has 0 radical (unpaired) electrons. The zero-order valence-electron chi connectivity index (χ0n) is 13.3. The molecule has 0 heterocycles. The Morgan fingerprint density at radius 1 is 0.857 bits per heavy atom. The van der Waals surface area contributed by atoms with Crippen LogP contribution in [0.4, 0.5) is 0 Å². The van der Waals surface area contributed by atoms with Crippen molar-refractivity contribution in [2.45, 2.75) is 62.7 Å². The van der Waals surface area contributed by atoms with E-state index in [1.54, 1.807) is 14.2 Å². The molecule has 0 saturated heterocycles. The van der Waals surface area contributed by atoms with Gasteiger partial charge in [-0.3, -0.25) is 0 Å². The van der Waals surface area contributed by atoms with Crippen molar-refractivity contribution in [3.05, 3.63) is 18.2 Å². The van der Waals surface area contributed by atoms with Crippen molar-refractivity contribution in [3.8, 4) is 11.5 Å². The molecule has 0 spiro atoms. The molecular formula is C18H27O2P. The predicted molar refractivity (Wildman–Crippen MR) is 90.6 cm³/mol. The van der Waals surface area contributed by atoms with Crippen molar-refractivity contribution in [1.29, 1.82) is 0 Å². The number of hydrogen-bond acceptors (Lipinski definition) is 2. The van der Waals surface area contributed by atoms with Gasteiger partial charge in [0.1, 0.15) is 11.5 Å². The second-order valence-electron chi connectivity index (χ2n) is 6.32. The van der Waals surface area contributed by atoms with Crippen molar-refractivity contribution >= 4 is 13.2 Å². The molecule has 0 bridgehead atoms. The van der Waals surface area contributed by atoms with E-state index < -0.39 is 0 Å². The van der Waals surface area contributed by atoms with Crippen LogP contribution in [0.15, 0.2) is 18.2 Å². The maximum Gasteiger partial charge on any atom is 0.130 e. The maximum atomic E-state index is 5.72. The zero-order chi connectivity index (χ0) is 14.7. The summed E-state index contributed by atoms with van der Waals surface area (Å²) in [6.45, 7) is 0. The average molecular weight is 306 g/mol. The van der Waals surface area contributed by atoms with Gasteiger partial charge in [-0.2, -0.15) is 0 Å². The van der Waals surface area contributed by atoms with Gasteiger partial charge in [-0.05, 0) is 49.1 Å². The zero-order valence-corrected chi connectivity index (χ0v) is 14.2. The molecule has 116 valence electrons. The van der Waals surface area contributed by atoms with E-state index in [-0.39, 0.29) is 7.92 Å². The van der Waals surface area contributed by atoms with Crippen molar-refractivity contribution in [3.63, 3.8) is 0 Å². The summed E-state index contributed by atoms with van der Waals surface area (Å²) in [6.07, 6.45) is 11.4. The van der Waals surface area contributed by atoms with Crippen molar-refractivity contribution in [2.75, 3.05) is 14.2 Å². The highest BCUT2D eigenvalue weighted by molar-refractivity contribution is 7.67. The largest absolute Gasteiger partial charge is 0.497 e. The van der Waals surface area contributed by atoms with E-state index in [1.165, 1.54) is 56.7 Å². The van der Waals surface area contributed by atoms with Crippen molar-refractivity contribution < 1.29 is 9.47 Å². The van der Waals surface area contributed by atoms with Crippen molar-refractivity contribution in [1.82, 2.24) is 0 Å². The Morgan fingerprint density at radius 3 is 1.90 bits per heavy atom. The van der Waals surface area contributed by atoms with Gasteiger partial charge in [0.25, 0.3) is 0 Å². The van der Waals surface area contributed by atoms with Crippen LogP contribution in [0.2, 0.25) is 0 Å². The first kappa shape index (κ1) is 15.2. The van der Waals surface area contributed by atoms with E-state index in [9.17, 15) is 0 Å². The van der Waals surface area contributed by atoms with E-state index in [0.717, 1.165) is 22.8 Å². The molecule has 2 nitrogen and oxygen atoms in total. The van der Waals surface area contributed by atoms with Gasteiger partial charge in [0, 0.05) is 11.4 Å². The molecule has 3 rings (SSSR count). The van der Waals surface area contributed by atoms with Crippen molar-refractivity contribution in [2.24, 2.45) is 0 Å². The number of hydrogen-bond donors (Lipinski definition) is 0. The second-order valence-corrected chi connectivity index (χ2v) is 9.08. The Morgan fingerprint density at radius 2 is 1.43 bits per heavy atom. The van der Waals surface area contributed by atoms with Gasteiger partial charge in [0.2, 0.25) is 0 Å². The molecule has 2 aliphatic carbocycles. The van der Waals surface area contributed by atoms with E-state index in [4.69, 9.17) is 9.47 Å². The smallest absolute Gasteiger partial charge is 0.130 e. The fraction of sp³-hybridized carbons (Fsp3) is 0.667. The van der Waals surface area contributed by atoms with Gasteiger partial charge in [0.05, 0.1) is 14.2 Å². The molecule has 3 heteroatoms. The van der Waals surface area contributed by atoms with Crippen LogP contribution in [0.1, 0.15) is 51.4 Å². The summed E-state index contributed by atoms with van der Waals surface area (Å²) in [4.78, 5) is 0. The van der Waals surface area contributed by atoms with Crippen LogP contribution in [-0.2, 0) is 0 Å². The number of ether oxygens (including phenoxy) is 2. The molecule has 0 amide bonds. The molecule has 0 unspecified atom stereocenters. The van der Waals surface area contributed by atoms with Gasteiger partial charge < -0.3 is 9.47 Å². The van der Waals surface area contributed by atoms with Gasteiger partial charge in [-0.25, -0.2) is 0 Å². The van der Waals surface area contributed by atoms with E-state index in [0.29, 0.717) is 0 Å². The molecule has 0 N–H and O–H groups in total. The highest BCUT2D eigenvalue weighted by Gasteiger charge is 2.35. The van der Waals surface area contributed by atoms with Crippen LogP contribution in [-0.4, -0.2) is 25.5 Å². The minimum absolute atomic E-state index is 0.0826. The van der Waals surface area contributed by atoms with Crippen LogP contribution < -0.4 is 14.8 Å². The van der Waals surface area contributed by atoms with E-state index >= 15 is 0 Å². The third-order valence-corrected chi connectivity index (χ3v) is 8.63. The highest BCUT2D eigenvalue weighted by Crippen LogP contribution is 2.57. The fourth-order valence-corrected chi connectivity index (χ4v) is 7.94. The average Bonchev–Trinajstić information content (AvgIpc) is 3.21. The molecule has 0 atom stereocenters. The molecule has 1 aromatic rings. The number of rotatable bonds is 5. The lowest BCUT2D eigenvalue weighted by atomic mass is 10.3. The van der Waals surface area contributed by atoms with Gasteiger partial charge in [-0.15, -0.1) is 0 Å². The maximum absolute atomic E-state index is 5.72. The second kappa shape index (κ2) is 7.01. The molecule has 1 aromatic carbocycles. The standard InChI is InChI=1S/C18H27O2P/c1-19-14-11-12-18(17(13-14)20-2)21(15-7-3-4-8-15)16-9-5-6-10-16/h11-13,15-16H,3-10H2,1-2H3. The Balaban J connectivity index is 1.94. The van der Waals surface area contributed by atoms with E-state index in [1.807, 2.05) is 0 Å². The summed E-state index contributed by atoms with van der Waals surface area (Å²) in [5.41, 5.74) is 1.84. The summed E-state index contributed by atoms with van der Waals surface area (Å²) in [5, 5.41) is 1.49. The molecule has 2 aliphatic rings. The van der Waals surface area contributed by atoms with Crippen LogP contribution in [0.3, 0.4) is 0 Å². The molecule has 2 fully saturated rings. The molecule has 21 heavy (non-hydrogen) atoms. The van der Waals surface area contributed by atoms with Crippen LogP contribution in [0, 0.1) is 0 Å². The summed E-state index contributed by atoms with van der Waals surface area (Å²) < 4.78 is 11.1. The predicted octanol–water partition coefficient (Wildman–Crippen LogP) is 4.70. The lowest BCUT2D eigenvalue weighted by molar-refractivity contribution is 0.396. The Kier molecular flexibility index (Phi) is 5.06. The molecule has 0 aliphatic heterocycles. The SMILES string of the molecule is COc1ccc(P(C2CCCC2)C2CCCC2)c(OC)c1. The lowest BCUT2D eigenvalue weighted by Gasteiger charge is -2.31. The number of methoxy groups -OCH3 is 2.